The van der Waals surface area contributed by atoms with Crippen LogP contribution in [0.5, 0.6) is 0 Å². The van der Waals surface area contributed by atoms with Crippen molar-refractivity contribution in [2.75, 3.05) is 13.2 Å². The Balaban J connectivity index is 3.41. The lowest BCUT2D eigenvalue weighted by Gasteiger charge is -2.22. The van der Waals surface area contributed by atoms with E-state index in [2.05, 4.69) is 31.3 Å². The van der Waals surface area contributed by atoms with Crippen molar-refractivity contribution >= 4 is 11.9 Å². The maximum absolute atomic E-state index is 12.5. The van der Waals surface area contributed by atoms with E-state index in [-0.39, 0.29) is 18.5 Å². The third-order valence-electron chi connectivity index (χ3n) is 16.1. The maximum atomic E-state index is 12.5. The van der Waals surface area contributed by atoms with Crippen molar-refractivity contribution in [3.8, 4) is 0 Å². The molecule has 0 rings (SSSR count). The summed E-state index contributed by atoms with van der Waals surface area (Å²) in [7, 11) is 0. The molecule has 3 N–H and O–H groups in total. The third-order valence-corrected chi connectivity index (χ3v) is 16.1. The van der Waals surface area contributed by atoms with Crippen molar-refractivity contribution in [1.82, 2.24) is 5.32 Å². The van der Waals surface area contributed by atoms with E-state index in [0.29, 0.717) is 25.9 Å². The molecule has 0 saturated carbocycles. The summed E-state index contributed by atoms with van der Waals surface area (Å²) in [6, 6.07) is -0.548. The first kappa shape index (κ1) is 72.6. The Morgan fingerprint density at radius 1 is 0.365 bits per heavy atom. The molecular formula is C68H133NO5. The minimum absolute atomic E-state index is 0.0114. The van der Waals surface area contributed by atoms with Crippen LogP contribution in [-0.4, -0.2) is 47.4 Å². The standard InChI is InChI=1S/C68H133NO5/c1-3-5-7-9-11-13-15-17-19-21-22-25-29-32-36-40-44-48-52-56-60-66(71)65(64-70)69-67(72)61-57-53-49-45-41-37-33-30-26-23-24-27-31-35-39-43-47-51-55-59-63-74-68(73)62-58-54-50-46-42-38-34-28-20-18-16-14-12-10-8-6-4-2/h23,26,65-66,70-71H,3-22,24-25,27-64H2,1-2H3,(H,69,72)/b26-23-. The zero-order valence-corrected chi connectivity index (χ0v) is 50.4. The first-order valence-corrected chi connectivity index (χ1v) is 33.9. The number of amides is 1. The first-order valence-electron chi connectivity index (χ1n) is 33.9. The molecule has 0 aliphatic rings. The molecule has 6 heteroatoms. The van der Waals surface area contributed by atoms with Crippen LogP contribution in [0.1, 0.15) is 386 Å². The fraction of sp³-hybridized carbons (Fsp3) is 0.941. The van der Waals surface area contributed by atoms with Crippen LogP contribution in [0.2, 0.25) is 0 Å². The van der Waals surface area contributed by atoms with Crippen LogP contribution in [0.25, 0.3) is 0 Å². The van der Waals surface area contributed by atoms with E-state index >= 15 is 0 Å². The molecule has 0 aromatic carbocycles. The van der Waals surface area contributed by atoms with Crippen molar-refractivity contribution in [2.45, 2.75) is 398 Å². The first-order chi connectivity index (χ1) is 36.5. The predicted octanol–water partition coefficient (Wildman–Crippen LogP) is 21.6. The maximum Gasteiger partial charge on any atom is 0.305 e. The van der Waals surface area contributed by atoms with Gasteiger partial charge in [0.25, 0.3) is 0 Å². The zero-order valence-electron chi connectivity index (χ0n) is 50.4. The largest absolute Gasteiger partial charge is 0.466 e. The van der Waals surface area contributed by atoms with Crippen molar-refractivity contribution in [2.24, 2.45) is 0 Å². The molecule has 0 saturated heterocycles. The highest BCUT2D eigenvalue weighted by molar-refractivity contribution is 5.76. The van der Waals surface area contributed by atoms with E-state index in [1.807, 2.05) is 0 Å². The Hall–Kier alpha value is -1.40. The number of hydrogen-bond acceptors (Lipinski definition) is 5. The van der Waals surface area contributed by atoms with Gasteiger partial charge in [-0.15, -0.1) is 0 Å². The number of aliphatic hydroxyl groups is 2. The van der Waals surface area contributed by atoms with Gasteiger partial charge in [0.2, 0.25) is 5.91 Å². The van der Waals surface area contributed by atoms with Gasteiger partial charge in [0.1, 0.15) is 0 Å². The Labute approximate surface area is 463 Å². The molecule has 0 aromatic rings. The monoisotopic (exact) mass is 1040 g/mol. The summed E-state index contributed by atoms with van der Waals surface area (Å²) in [5.74, 6) is -0.0279. The van der Waals surface area contributed by atoms with Crippen LogP contribution >= 0.6 is 0 Å². The number of ether oxygens (including phenoxy) is 1. The number of carbonyl (C=O) groups is 2. The summed E-state index contributed by atoms with van der Waals surface area (Å²) < 4.78 is 5.50. The SMILES string of the molecule is CCCCCCCCCCCCCCCCCCCCCCC(O)C(CO)NC(=O)CCCCCCCCC/C=C\CCCCCCCCCCCOC(=O)CCCCCCCCCCCCCCCCCCC. The average molecular weight is 1040 g/mol. The number of unbranched alkanes of at least 4 members (excludes halogenated alkanes) is 51. The Kier molecular flexibility index (Phi) is 62.9. The number of esters is 1. The molecular weight excluding hydrogens is 911 g/mol. The normalized spacial score (nSPS) is 12.5. The van der Waals surface area contributed by atoms with E-state index in [9.17, 15) is 19.8 Å². The van der Waals surface area contributed by atoms with Crippen molar-refractivity contribution in [3.05, 3.63) is 12.2 Å². The Morgan fingerprint density at radius 2 is 0.635 bits per heavy atom. The van der Waals surface area contributed by atoms with Crippen molar-refractivity contribution in [1.29, 1.82) is 0 Å². The summed E-state index contributed by atoms with van der Waals surface area (Å²) >= 11 is 0. The molecule has 0 fully saturated rings. The lowest BCUT2D eigenvalue weighted by Crippen LogP contribution is -2.45. The van der Waals surface area contributed by atoms with Gasteiger partial charge in [-0.05, 0) is 51.4 Å². The zero-order chi connectivity index (χ0) is 53.6. The highest BCUT2D eigenvalue weighted by Gasteiger charge is 2.20. The summed E-state index contributed by atoms with van der Waals surface area (Å²) in [5, 5.41) is 23.4. The topological polar surface area (TPSA) is 95.9 Å². The summed E-state index contributed by atoms with van der Waals surface area (Å²) in [6.07, 6.45) is 78.1. The highest BCUT2D eigenvalue weighted by atomic mass is 16.5. The van der Waals surface area contributed by atoms with Gasteiger partial charge in [-0.25, -0.2) is 0 Å². The van der Waals surface area contributed by atoms with E-state index in [1.165, 1.54) is 315 Å². The Bertz CT molecular complexity index is 1110. The molecule has 0 aromatic heterocycles. The fourth-order valence-electron chi connectivity index (χ4n) is 10.9. The van der Waals surface area contributed by atoms with Crippen LogP contribution in [0.3, 0.4) is 0 Å². The van der Waals surface area contributed by atoms with E-state index < -0.39 is 12.1 Å². The second-order valence-electron chi connectivity index (χ2n) is 23.5. The van der Waals surface area contributed by atoms with Gasteiger partial charge in [-0.2, -0.15) is 0 Å². The molecule has 6 nitrogen and oxygen atoms in total. The number of carbonyl (C=O) groups excluding carboxylic acids is 2. The van der Waals surface area contributed by atoms with Gasteiger partial charge in [-0.3, -0.25) is 9.59 Å². The third kappa shape index (κ3) is 59.8. The molecule has 1 amide bonds. The molecule has 0 heterocycles. The van der Waals surface area contributed by atoms with Crippen LogP contribution in [0.4, 0.5) is 0 Å². The second kappa shape index (κ2) is 64.1. The van der Waals surface area contributed by atoms with Crippen molar-refractivity contribution in [3.63, 3.8) is 0 Å². The van der Waals surface area contributed by atoms with Gasteiger partial charge in [0.15, 0.2) is 0 Å². The summed E-state index contributed by atoms with van der Waals surface area (Å²) in [5.41, 5.74) is 0. The van der Waals surface area contributed by atoms with E-state index in [4.69, 9.17) is 4.74 Å². The molecule has 440 valence electrons. The molecule has 0 aliphatic heterocycles. The van der Waals surface area contributed by atoms with Crippen LogP contribution in [0.15, 0.2) is 12.2 Å². The number of aliphatic hydroxyl groups excluding tert-OH is 2. The van der Waals surface area contributed by atoms with Crippen molar-refractivity contribution < 1.29 is 24.5 Å². The van der Waals surface area contributed by atoms with Gasteiger partial charge >= 0.3 is 5.97 Å². The van der Waals surface area contributed by atoms with Gasteiger partial charge in [0, 0.05) is 12.8 Å². The van der Waals surface area contributed by atoms with E-state index in [0.717, 1.165) is 38.5 Å². The average Bonchev–Trinajstić information content (AvgIpc) is 3.40. The van der Waals surface area contributed by atoms with E-state index in [1.54, 1.807) is 0 Å². The lowest BCUT2D eigenvalue weighted by molar-refractivity contribution is -0.143. The van der Waals surface area contributed by atoms with Crippen LogP contribution < -0.4 is 5.32 Å². The highest BCUT2D eigenvalue weighted by Crippen LogP contribution is 2.19. The molecule has 0 radical (unpaired) electrons. The van der Waals surface area contributed by atoms with Crippen LogP contribution in [0, 0.1) is 0 Å². The fourth-order valence-corrected chi connectivity index (χ4v) is 10.9. The molecule has 0 spiro atoms. The lowest BCUT2D eigenvalue weighted by atomic mass is 10.0. The molecule has 2 atom stereocenters. The number of nitrogens with one attached hydrogen (secondary N) is 1. The smallest absolute Gasteiger partial charge is 0.305 e. The second-order valence-corrected chi connectivity index (χ2v) is 23.5. The number of allylic oxidation sites excluding steroid dienone is 2. The van der Waals surface area contributed by atoms with Gasteiger partial charge < -0.3 is 20.3 Å². The van der Waals surface area contributed by atoms with Gasteiger partial charge in [-0.1, -0.05) is 334 Å². The summed E-state index contributed by atoms with van der Waals surface area (Å²) in [4.78, 5) is 24.6. The Morgan fingerprint density at radius 3 is 0.959 bits per heavy atom. The minimum Gasteiger partial charge on any atom is -0.466 e. The molecule has 0 bridgehead atoms. The number of rotatable bonds is 64. The molecule has 74 heavy (non-hydrogen) atoms. The van der Waals surface area contributed by atoms with Gasteiger partial charge in [0.05, 0.1) is 25.4 Å². The van der Waals surface area contributed by atoms with Crippen LogP contribution in [-0.2, 0) is 14.3 Å². The minimum atomic E-state index is -0.670. The number of hydrogen-bond donors (Lipinski definition) is 3. The molecule has 2 unspecified atom stereocenters. The quantitative estimate of drug-likeness (QED) is 0.0320. The molecule has 0 aliphatic carbocycles. The summed E-state index contributed by atoms with van der Waals surface area (Å²) in [6.45, 7) is 4.99. The predicted molar refractivity (Wildman–Crippen MR) is 324 cm³/mol.